The van der Waals surface area contributed by atoms with Gasteiger partial charge >= 0.3 is 0 Å². The van der Waals surface area contributed by atoms with E-state index in [1.807, 2.05) is 12.3 Å². The molecule has 2 fully saturated rings. The van der Waals surface area contributed by atoms with E-state index in [-0.39, 0.29) is 46.4 Å². The number of hydrogen-bond donors (Lipinski definition) is 3. The second kappa shape index (κ2) is 7.19. The van der Waals surface area contributed by atoms with Gasteiger partial charge in [0.05, 0.1) is 16.7 Å². The molecule has 0 bridgehead atoms. The molecule has 6 heteroatoms. The van der Waals surface area contributed by atoms with E-state index in [2.05, 4.69) is 35.7 Å². The molecule has 1 aromatic rings. The Morgan fingerprint density at radius 2 is 2.12 bits per heavy atom. The van der Waals surface area contributed by atoms with E-state index >= 15 is 0 Å². The average Bonchev–Trinajstić information content (AvgIpc) is 3.07. The van der Waals surface area contributed by atoms with Crippen LogP contribution in [0.15, 0.2) is 35.7 Å². The summed E-state index contributed by atoms with van der Waals surface area (Å²) in [5.41, 5.74) is 8.21. The van der Waals surface area contributed by atoms with Gasteiger partial charge < -0.3 is 16.2 Å². The van der Waals surface area contributed by atoms with Crippen molar-refractivity contribution in [3.8, 4) is 0 Å². The quantitative estimate of drug-likeness (QED) is 0.690. The highest BCUT2D eigenvalue weighted by Gasteiger charge is 2.54. The molecule has 0 aromatic heterocycles. The predicted molar refractivity (Wildman–Crippen MR) is 106 cm³/mol. The summed E-state index contributed by atoms with van der Waals surface area (Å²) in [5, 5.41) is 15.7. The van der Waals surface area contributed by atoms with Crippen LogP contribution in [0.5, 0.6) is 0 Å². The maximum absolute atomic E-state index is 12.4. The van der Waals surface area contributed by atoms with Crippen LogP contribution in [-0.4, -0.2) is 39.8 Å². The molecule has 0 spiro atoms. The van der Waals surface area contributed by atoms with E-state index in [0.29, 0.717) is 6.42 Å². The number of piperidine rings is 1. The van der Waals surface area contributed by atoms with Crippen molar-refractivity contribution < 1.29 is 9.90 Å². The number of nitrogens with two attached hydrogens (primary N) is 1. The molecule has 2 heterocycles. The molecule has 0 radical (unpaired) electrons. The molecule has 4 N–H and O–H groups in total. The third-order valence-electron chi connectivity index (χ3n) is 5.91. The second-order valence-electron chi connectivity index (χ2n) is 7.84. The lowest BCUT2D eigenvalue weighted by molar-refractivity contribution is -0.126. The summed E-state index contributed by atoms with van der Waals surface area (Å²) in [6.45, 7) is 2.00. The number of amides is 1. The second-order valence-corrected chi connectivity index (χ2v) is 9.45. The summed E-state index contributed by atoms with van der Waals surface area (Å²) in [6.07, 6.45) is 2.95. The van der Waals surface area contributed by atoms with E-state index in [1.165, 1.54) is 5.56 Å². The number of aliphatic hydroxyl groups is 1. The molecule has 4 nitrogen and oxygen atoms in total. The van der Waals surface area contributed by atoms with Crippen LogP contribution in [0.4, 0.5) is 0 Å². The van der Waals surface area contributed by atoms with Gasteiger partial charge in [0.15, 0.2) is 0 Å². The number of fused-ring (bicyclic) bond motifs is 3. The highest BCUT2D eigenvalue weighted by Crippen LogP contribution is 2.51. The Hall–Kier alpha value is -1.01. The van der Waals surface area contributed by atoms with Crippen molar-refractivity contribution in [1.82, 2.24) is 5.32 Å². The monoisotopic (exact) mass is 392 g/mol. The zero-order valence-corrected chi connectivity index (χ0v) is 16.3. The van der Waals surface area contributed by atoms with Gasteiger partial charge in [-0.2, -0.15) is 0 Å². The Labute approximate surface area is 163 Å². The summed E-state index contributed by atoms with van der Waals surface area (Å²) in [7, 11) is 0. The standard InChI is InChI=1S/C20H25ClN2O2S/c1-10(22)8-11-2-4-12(5-3-11)16-15(24)9-14(21)18-17(16)13-6-7-26-19(13)20(25)23-18/h2-7,10,13-19,24H,8-9,22H2,1H3,(H,23,25). The molecule has 3 aliphatic rings. The number of thioether (sulfide) groups is 1. The number of carbonyl (C=O) groups excluding carboxylic acids is 1. The van der Waals surface area contributed by atoms with E-state index in [9.17, 15) is 9.90 Å². The first kappa shape index (κ1) is 18.4. The van der Waals surface area contributed by atoms with Crippen molar-refractivity contribution >= 4 is 29.3 Å². The molecule has 1 aromatic carbocycles. The molecular weight excluding hydrogens is 368 g/mol. The third kappa shape index (κ3) is 3.19. The minimum absolute atomic E-state index is 0.0317. The van der Waals surface area contributed by atoms with Crippen molar-refractivity contribution in [2.45, 2.75) is 54.5 Å². The Morgan fingerprint density at radius 3 is 2.81 bits per heavy atom. The first-order valence-electron chi connectivity index (χ1n) is 9.24. The summed E-state index contributed by atoms with van der Waals surface area (Å²) in [5.74, 6) is 0.258. The maximum atomic E-state index is 12.4. The Balaban J connectivity index is 1.67. The summed E-state index contributed by atoms with van der Waals surface area (Å²) >= 11 is 8.12. The lowest BCUT2D eigenvalue weighted by Crippen LogP contribution is -2.63. The normalized spacial score (nSPS) is 39.8. The molecule has 1 amide bonds. The lowest BCUT2D eigenvalue weighted by Gasteiger charge is -2.50. The third-order valence-corrected chi connectivity index (χ3v) is 7.50. The lowest BCUT2D eigenvalue weighted by atomic mass is 9.63. The van der Waals surface area contributed by atoms with E-state index in [0.717, 1.165) is 12.0 Å². The molecule has 2 aliphatic heterocycles. The van der Waals surface area contributed by atoms with Crippen molar-refractivity contribution in [2.75, 3.05) is 0 Å². The highest BCUT2D eigenvalue weighted by molar-refractivity contribution is 8.03. The van der Waals surface area contributed by atoms with Gasteiger partial charge in [-0.15, -0.1) is 23.4 Å². The fourth-order valence-corrected chi connectivity index (χ4v) is 6.33. The first-order chi connectivity index (χ1) is 12.5. The van der Waals surface area contributed by atoms with Gasteiger partial charge in [0.1, 0.15) is 0 Å². The van der Waals surface area contributed by atoms with Gasteiger partial charge in [0, 0.05) is 23.9 Å². The molecule has 26 heavy (non-hydrogen) atoms. The number of carbonyl (C=O) groups is 1. The molecule has 8 unspecified atom stereocenters. The van der Waals surface area contributed by atoms with Gasteiger partial charge in [0.25, 0.3) is 0 Å². The van der Waals surface area contributed by atoms with Crippen LogP contribution in [0.25, 0.3) is 0 Å². The number of hydrogen-bond acceptors (Lipinski definition) is 4. The van der Waals surface area contributed by atoms with Gasteiger partial charge in [-0.05, 0) is 42.2 Å². The van der Waals surface area contributed by atoms with Crippen LogP contribution >= 0.6 is 23.4 Å². The van der Waals surface area contributed by atoms with E-state index in [4.69, 9.17) is 17.3 Å². The average molecular weight is 393 g/mol. The SMILES string of the molecule is CC(N)Cc1ccc(C2C(O)CC(Cl)C3NC(=O)C4SC=CC4C32)cc1. The Morgan fingerprint density at radius 1 is 1.38 bits per heavy atom. The molecule has 1 aliphatic carbocycles. The van der Waals surface area contributed by atoms with Gasteiger partial charge in [-0.3, -0.25) is 4.79 Å². The number of benzene rings is 1. The van der Waals surface area contributed by atoms with E-state index in [1.54, 1.807) is 11.8 Å². The molecule has 4 rings (SSSR count). The smallest absolute Gasteiger partial charge is 0.234 e. The minimum Gasteiger partial charge on any atom is -0.392 e. The van der Waals surface area contributed by atoms with E-state index < -0.39 is 6.10 Å². The van der Waals surface area contributed by atoms with Crippen LogP contribution in [0.1, 0.15) is 30.4 Å². The fraction of sp³-hybridized carbons (Fsp3) is 0.550. The predicted octanol–water partition coefficient (Wildman–Crippen LogP) is 2.39. The van der Waals surface area contributed by atoms with Crippen LogP contribution in [-0.2, 0) is 11.2 Å². The van der Waals surface area contributed by atoms with Crippen molar-refractivity contribution in [1.29, 1.82) is 0 Å². The first-order valence-corrected chi connectivity index (χ1v) is 10.6. The number of aliphatic hydroxyl groups excluding tert-OH is 1. The van der Waals surface area contributed by atoms with Crippen LogP contribution in [0.3, 0.4) is 0 Å². The van der Waals surface area contributed by atoms with Crippen LogP contribution in [0.2, 0.25) is 0 Å². The zero-order valence-electron chi connectivity index (χ0n) is 14.7. The van der Waals surface area contributed by atoms with Gasteiger partial charge in [0.2, 0.25) is 5.91 Å². The molecule has 1 saturated carbocycles. The molecule has 1 saturated heterocycles. The van der Waals surface area contributed by atoms with Gasteiger partial charge in [-0.25, -0.2) is 0 Å². The Kier molecular flexibility index (Phi) is 5.08. The van der Waals surface area contributed by atoms with Crippen LogP contribution < -0.4 is 11.1 Å². The highest BCUT2D eigenvalue weighted by atomic mass is 35.5. The topological polar surface area (TPSA) is 75.3 Å². The number of halogens is 1. The molecule has 140 valence electrons. The Bertz CT molecular complexity index is 708. The van der Waals surface area contributed by atoms with Crippen molar-refractivity contribution in [3.63, 3.8) is 0 Å². The van der Waals surface area contributed by atoms with Crippen LogP contribution in [0, 0.1) is 11.8 Å². The number of rotatable bonds is 3. The summed E-state index contributed by atoms with van der Waals surface area (Å²) in [6, 6.07) is 8.43. The summed E-state index contributed by atoms with van der Waals surface area (Å²) < 4.78 is 0. The van der Waals surface area contributed by atoms with Crippen molar-refractivity contribution in [3.05, 3.63) is 46.9 Å². The maximum Gasteiger partial charge on any atom is 0.234 e. The number of alkyl halides is 1. The fourth-order valence-electron chi connectivity index (χ4n) is 4.83. The largest absolute Gasteiger partial charge is 0.392 e. The van der Waals surface area contributed by atoms with Gasteiger partial charge in [-0.1, -0.05) is 30.3 Å². The zero-order chi connectivity index (χ0) is 18.4. The van der Waals surface area contributed by atoms with Crippen molar-refractivity contribution in [2.24, 2.45) is 17.6 Å². The minimum atomic E-state index is -0.507. The molecule has 8 atom stereocenters. The summed E-state index contributed by atoms with van der Waals surface area (Å²) in [4.78, 5) is 12.4. The molecular formula is C20H25ClN2O2S. The number of allylic oxidation sites excluding steroid dienone is 1. The number of nitrogens with one attached hydrogen (secondary N) is 1.